The third kappa shape index (κ3) is 4.20. The van der Waals surface area contributed by atoms with Crippen LogP contribution in [0.25, 0.3) is 11.1 Å². The number of hydrogen-bond acceptors (Lipinski definition) is 4. The molecule has 4 rings (SSSR count). The Morgan fingerprint density at radius 2 is 2.03 bits per heavy atom. The number of amides is 1. The number of ether oxygens (including phenoxy) is 1. The van der Waals surface area contributed by atoms with Gasteiger partial charge in [0.25, 0.3) is 5.91 Å². The molecule has 0 unspecified atom stereocenters. The van der Waals surface area contributed by atoms with Gasteiger partial charge in [0.1, 0.15) is 6.10 Å². The van der Waals surface area contributed by atoms with Crippen molar-refractivity contribution in [2.24, 2.45) is 5.73 Å². The molecule has 1 aliphatic rings. The van der Waals surface area contributed by atoms with Crippen LogP contribution < -0.4 is 15.4 Å². The number of aryl methyl sites for hydroxylation is 1. The SMILES string of the molecule is Cc1ccc(O[C@H]2CCN(c3ccc(-c4ccccc4Cl)cc3C(N)=O)C2)nc1. The first-order valence-corrected chi connectivity index (χ1v) is 9.92. The zero-order valence-corrected chi connectivity index (χ0v) is 16.9. The van der Waals surface area contributed by atoms with E-state index in [2.05, 4.69) is 9.88 Å². The van der Waals surface area contributed by atoms with Crippen LogP contribution in [0.15, 0.2) is 60.8 Å². The normalized spacial score (nSPS) is 16.1. The number of nitrogens with two attached hydrogens (primary N) is 1. The van der Waals surface area contributed by atoms with E-state index in [1.807, 2.05) is 61.5 Å². The molecule has 148 valence electrons. The topological polar surface area (TPSA) is 68.5 Å². The number of aromatic nitrogens is 1. The van der Waals surface area contributed by atoms with Gasteiger partial charge in [-0.1, -0.05) is 41.9 Å². The molecule has 6 heteroatoms. The van der Waals surface area contributed by atoms with Crippen LogP contribution in [0.3, 0.4) is 0 Å². The molecule has 2 aromatic carbocycles. The van der Waals surface area contributed by atoms with Crippen LogP contribution in [0.5, 0.6) is 5.88 Å². The second kappa shape index (κ2) is 8.13. The molecule has 3 aromatic rings. The third-order valence-electron chi connectivity index (χ3n) is 5.10. The van der Waals surface area contributed by atoms with Gasteiger partial charge < -0.3 is 15.4 Å². The van der Waals surface area contributed by atoms with Crippen molar-refractivity contribution >= 4 is 23.2 Å². The van der Waals surface area contributed by atoms with Gasteiger partial charge in [-0.15, -0.1) is 0 Å². The summed E-state index contributed by atoms with van der Waals surface area (Å²) in [5.41, 5.74) is 9.83. The van der Waals surface area contributed by atoms with E-state index < -0.39 is 5.91 Å². The lowest BCUT2D eigenvalue weighted by atomic mass is 10.0. The van der Waals surface area contributed by atoms with Crippen LogP contribution >= 0.6 is 11.6 Å². The second-order valence-corrected chi connectivity index (χ2v) is 7.63. The minimum absolute atomic E-state index is 0.00850. The second-order valence-electron chi connectivity index (χ2n) is 7.22. The number of nitrogens with zero attached hydrogens (tertiary/aromatic N) is 2. The molecule has 1 saturated heterocycles. The van der Waals surface area contributed by atoms with Crippen molar-refractivity contribution in [3.8, 4) is 17.0 Å². The fraction of sp³-hybridized carbons (Fsp3) is 0.217. The summed E-state index contributed by atoms with van der Waals surface area (Å²) in [7, 11) is 0. The van der Waals surface area contributed by atoms with Crippen LogP contribution in [-0.2, 0) is 0 Å². The maximum atomic E-state index is 12.2. The summed E-state index contributed by atoms with van der Waals surface area (Å²) in [6.45, 7) is 3.44. The van der Waals surface area contributed by atoms with E-state index in [0.29, 0.717) is 23.0 Å². The monoisotopic (exact) mass is 407 g/mol. The van der Waals surface area contributed by atoms with Crippen molar-refractivity contribution in [3.05, 3.63) is 76.9 Å². The predicted octanol–water partition coefficient (Wildman–Crippen LogP) is 4.47. The Hall–Kier alpha value is -3.05. The molecule has 0 aliphatic carbocycles. The molecule has 1 aliphatic heterocycles. The maximum absolute atomic E-state index is 12.2. The summed E-state index contributed by atoms with van der Waals surface area (Å²) in [6, 6.07) is 17.1. The van der Waals surface area contributed by atoms with Gasteiger partial charge in [0.2, 0.25) is 5.88 Å². The molecule has 1 aromatic heterocycles. The summed E-state index contributed by atoms with van der Waals surface area (Å²) in [6.07, 6.45) is 2.65. The number of pyridine rings is 1. The highest BCUT2D eigenvalue weighted by atomic mass is 35.5. The van der Waals surface area contributed by atoms with Crippen LogP contribution in [0.2, 0.25) is 5.02 Å². The Kier molecular flexibility index (Phi) is 5.41. The van der Waals surface area contributed by atoms with Crippen molar-refractivity contribution in [3.63, 3.8) is 0 Å². The Morgan fingerprint density at radius 1 is 1.21 bits per heavy atom. The highest BCUT2D eigenvalue weighted by Gasteiger charge is 2.27. The average Bonchev–Trinajstić information content (AvgIpc) is 3.18. The quantitative estimate of drug-likeness (QED) is 0.677. The molecule has 0 radical (unpaired) electrons. The number of hydrogen-bond donors (Lipinski definition) is 1. The van der Waals surface area contributed by atoms with Gasteiger partial charge in [0, 0.05) is 41.5 Å². The zero-order chi connectivity index (χ0) is 20.4. The molecule has 1 atom stereocenters. The van der Waals surface area contributed by atoms with E-state index in [1.54, 1.807) is 6.20 Å². The standard InChI is InChI=1S/C23H22ClN3O2/c1-15-6-9-22(26-13-15)29-17-10-11-27(14-17)21-8-7-16(12-19(21)23(25)28)18-4-2-3-5-20(18)24/h2-9,12-13,17H,10-11,14H2,1H3,(H2,25,28)/t17-/m0/s1. The lowest BCUT2D eigenvalue weighted by Gasteiger charge is -2.22. The van der Waals surface area contributed by atoms with Gasteiger partial charge in [-0.2, -0.15) is 0 Å². The molecule has 1 amide bonds. The molecule has 2 N–H and O–H groups in total. The summed E-state index contributed by atoms with van der Waals surface area (Å²) in [4.78, 5) is 18.6. The van der Waals surface area contributed by atoms with Gasteiger partial charge >= 0.3 is 0 Å². The number of anilines is 1. The third-order valence-corrected chi connectivity index (χ3v) is 5.43. The fourth-order valence-corrected chi connectivity index (χ4v) is 3.85. The summed E-state index contributed by atoms with van der Waals surface area (Å²) in [5.74, 6) is 0.158. The van der Waals surface area contributed by atoms with Crippen LogP contribution in [-0.4, -0.2) is 30.1 Å². The van der Waals surface area contributed by atoms with E-state index >= 15 is 0 Å². The smallest absolute Gasteiger partial charge is 0.250 e. The predicted molar refractivity (Wildman–Crippen MR) is 116 cm³/mol. The number of carbonyl (C=O) groups excluding carboxylic acids is 1. The largest absolute Gasteiger partial charge is 0.472 e. The molecule has 0 bridgehead atoms. The highest BCUT2D eigenvalue weighted by Crippen LogP contribution is 2.33. The number of halogens is 1. The minimum atomic E-state index is -0.460. The minimum Gasteiger partial charge on any atom is -0.472 e. The molecule has 0 spiro atoms. The first kappa shape index (κ1) is 19.3. The molecule has 5 nitrogen and oxygen atoms in total. The summed E-state index contributed by atoms with van der Waals surface area (Å²) >= 11 is 6.31. The Bertz CT molecular complexity index is 1040. The van der Waals surface area contributed by atoms with Gasteiger partial charge in [-0.05, 0) is 36.2 Å². The fourth-order valence-electron chi connectivity index (χ4n) is 3.61. The van der Waals surface area contributed by atoms with E-state index in [9.17, 15) is 4.79 Å². The van der Waals surface area contributed by atoms with Crippen LogP contribution in [0.4, 0.5) is 5.69 Å². The Balaban J connectivity index is 1.56. The lowest BCUT2D eigenvalue weighted by molar-refractivity contribution is 0.100. The molecule has 0 saturated carbocycles. The first-order chi connectivity index (χ1) is 14.0. The van der Waals surface area contributed by atoms with Crippen LogP contribution in [0.1, 0.15) is 22.3 Å². The van der Waals surface area contributed by atoms with Crippen LogP contribution in [0, 0.1) is 6.92 Å². The first-order valence-electron chi connectivity index (χ1n) is 9.54. The van der Waals surface area contributed by atoms with E-state index in [-0.39, 0.29) is 6.10 Å². The van der Waals surface area contributed by atoms with Gasteiger partial charge in [0.05, 0.1) is 12.1 Å². The molecule has 2 heterocycles. The highest BCUT2D eigenvalue weighted by molar-refractivity contribution is 6.33. The zero-order valence-electron chi connectivity index (χ0n) is 16.1. The number of benzene rings is 2. The molecular weight excluding hydrogens is 386 g/mol. The van der Waals surface area contributed by atoms with Crippen molar-refractivity contribution in [2.75, 3.05) is 18.0 Å². The summed E-state index contributed by atoms with van der Waals surface area (Å²) < 4.78 is 6.00. The van der Waals surface area contributed by atoms with Gasteiger partial charge in [-0.25, -0.2) is 4.98 Å². The number of carbonyl (C=O) groups is 1. The Labute approximate surface area is 175 Å². The maximum Gasteiger partial charge on any atom is 0.250 e. The molecular formula is C23H22ClN3O2. The van der Waals surface area contributed by atoms with Crippen molar-refractivity contribution in [1.82, 2.24) is 4.98 Å². The van der Waals surface area contributed by atoms with Crippen molar-refractivity contribution in [1.29, 1.82) is 0 Å². The average molecular weight is 408 g/mol. The van der Waals surface area contributed by atoms with E-state index in [4.69, 9.17) is 22.1 Å². The molecule has 1 fully saturated rings. The number of rotatable bonds is 5. The van der Waals surface area contributed by atoms with Crippen molar-refractivity contribution < 1.29 is 9.53 Å². The van der Waals surface area contributed by atoms with Gasteiger partial charge in [0.15, 0.2) is 0 Å². The molecule has 29 heavy (non-hydrogen) atoms. The Morgan fingerprint density at radius 3 is 2.76 bits per heavy atom. The lowest BCUT2D eigenvalue weighted by Crippen LogP contribution is -2.27. The number of primary amides is 1. The van der Waals surface area contributed by atoms with E-state index in [1.165, 1.54) is 0 Å². The van der Waals surface area contributed by atoms with Crippen molar-refractivity contribution in [2.45, 2.75) is 19.4 Å². The van der Waals surface area contributed by atoms with E-state index in [0.717, 1.165) is 35.3 Å². The van der Waals surface area contributed by atoms with Gasteiger partial charge in [-0.3, -0.25) is 4.79 Å². The summed E-state index contributed by atoms with van der Waals surface area (Å²) in [5, 5.41) is 0.635.